The molecule has 2 aromatic rings. The van der Waals surface area contributed by atoms with E-state index in [0.717, 1.165) is 36.2 Å². The van der Waals surface area contributed by atoms with Crippen molar-refractivity contribution in [3.63, 3.8) is 0 Å². The van der Waals surface area contributed by atoms with Crippen molar-refractivity contribution < 1.29 is 0 Å². The van der Waals surface area contributed by atoms with Gasteiger partial charge in [-0.3, -0.25) is 0 Å². The molecule has 2 N–H and O–H groups in total. The second-order valence-electron chi connectivity index (χ2n) is 4.45. The Morgan fingerprint density at radius 3 is 2.89 bits per heavy atom. The fourth-order valence-electron chi connectivity index (χ4n) is 2.21. The third-order valence-electron chi connectivity index (χ3n) is 3.10. The molecule has 98 valence electrons. The Labute approximate surface area is 113 Å². The number of hydrogen-bond donors (Lipinski definition) is 1. The second kappa shape index (κ2) is 6.25. The van der Waals surface area contributed by atoms with E-state index < -0.39 is 0 Å². The number of fused-ring (bicyclic) bond motifs is 1. The second-order valence-corrected chi connectivity index (χ2v) is 5.44. The number of benzene rings is 1. The lowest BCUT2D eigenvalue weighted by Crippen LogP contribution is -2.04. The zero-order chi connectivity index (χ0) is 13.0. The topological polar surface area (TPSA) is 43.8 Å². The zero-order valence-corrected chi connectivity index (χ0v) is 12.0. The molecule has 0 bridgehead atoms. The number of hydrogen-bond acceptors (Lipinski definition) is 3. The molecule has 2 rings (SSSR count). The van der Waals surface area contributed by atoms with Crippen LogP contribution in [0.25, 0.3) is 11.0 Å². The van der Waals surface area contributed by atoms with Crippen LogP contribution in [-0.4, -0.2) is 21.6 Å². The van der Waals surface area contributed by atoms with Gasteiger partial charge in [0.05, 0.1) is 11.0 Å². The lowest BCUT2D eigenvalue weighted by molar-refractivity contribution is 0.661. The lowest BCUT2D eigenvalue weighted by atomic mass is 10.2. The first-order valence-corrected chi connectivity index (χ1v) is 7.86. The van der Waals surface area contributed by atoms with Crippen LogP contribution in [0.15, 0.2) is 18.2 Å². The predicted molar refractivity (Wildman–Crippen MR) is 80.0 cm³/mol. The molecule has 0 fully saturated rings. The molecule has 0 aliphatic heterocycles. The first-order valence-electron chi connectivity index (χ1n) is 6.47. The van der Waals surface area contributed by atoms with Crippen LogP contribution in [0, 0.1) is 0 Å². The number of aryl methyl sites for hydroxylation is 2. The summed E-state index contributed by atoms with van der Waals surface area (Å²) in [5, 5.41) is 0. The molecule has 0 saturated carbocycles. The Morgan fingerprint density at radius 1 is 1.39 bits per heavy atom. The third kappa shape index (κ3) is 2.70. The van der Waals surface area contributed by atoms with E-state index >= 15 is 0 Å². The number of aromatic nitrogens is 2. The first kappa shape index (κ1) is 13.4. The molecule has 1 heterocycles. The minimum Gasteiger partial charge on any atom is -0.328 e. The predicted octanol–water partition coefficient (Wildman–Crippen LogP) is 2.81. The van der Waals surface area contributed by atoms with Gasteiger partial charge < -0.3 is 10.3 Å². The van der Waals surface area contributed by atoms with Crippen molar-refractivity contribution in [3.05, 3.63) is 29.6 Å². The molecular formula is C14H21N3S. The third-order valence-corrected chi connectivity index (χ3v) is 3.72. The Balaban J connectivity index is 2.44. The standard InChI is InChI=1S/C14H21N3S/c1-3-7-17-13-5-4-11(10-15)9-12(13)16-14(17)6-8-18-2/h4-5,9H,3,6-8,10,15H2,1-2H3. The minimum absolute atomic E-state index is 0.580. The SMILES string of the molecule is CCCn1c(CCSC)nc2cc(CN)ccc21. The summed E-state index contributed by atoms with van der Waals surface area (Å²) in [6, 6.07) is 6.38. The van der Waals surface area contributed by atoms with Gasteiger partial charge in [-0.1, -0.05) is 13.0 Å². The molecule has 1 aromatic carbocycles. The van der Waals surface area contributed by atoms with Gasteiger partial charge >= 0.3 is 0 Å². The van der Waals surface area contributed by atoms with Gasteiger partial charge in [0.1, 0.15) is 5.82 Å². The Hall–Kier alpha value is -1.00. The molecule has 18 heavy (non-hydrogen) atoms. The number of thioether (sulfide) groups is 1. The summed E-state index contributed by atoms with van der Waals surface area (Å²) >= 11 is 1.87. The van der Waals surface area contributed by atoms with Gasteiger partial charge in [0, 0.05) is 25.3 Å². The molecule has 0 radical (unpaired) electrons. The molecule has 0 saturated heterocycles. The van der Waals surface area contributed by atoms with Crippen LogP contribution in [0.3, 0.4) is 0 Å². The Kier molecular flexibility index (Phi) is 4.66. The first-order chi connectivity index (χ1) is 8.80. The largest absolute Gasteiger partial charge is 0.328 e. The van der Waals surface area contributed by atoms with Crippen molar-refractivity contribution >= 4 is 22.8 Å². The summed E-state index contributed by atoms with van der Waals surface area (Å²) in [6.07, 6.45) is 4.31. The lowest BCUT2D eigenvalue weighted by Gasteiger charge is -2.07. The van der Waals surface area contributed by atoms with Crippen molar-refractivity contribution in [3.8, 4) is 0 Å². The maximum Gasteiger partial charge on any atom is 0.110 e. The summed E-state index contributed by atoms with van der Waals surface area (Å²) in [5.74, 6) is 2.33. The van der Waals surface area contributed by atoms with Crippen molar-refractivity contribution in [1.29, 1.82) is 0 Å². The fourth-order valence-corrected chi connectivity index (χ4v) is 2.60. The normalized spacial score (nSPS) is 11.3. The monoisotopic (exact) mass is 263 g/mol. The number of nitrogens with zero attached hydrogens (tertiary/aromatic N) is 2. The molecule has 0 aliphatic carbocycles. The van der Waals surface area contributed by atoms with Crippen molar-refractivity contribution in [2.45, 2.75) is 32.9 Å². The van der Waals surface area contributed by atoms with Crippen molar-refractivity contribution in [2.75, 3.05) is 12.0 Å². The van der Waals surface area contributed by atoms with E-state index in [2.05, 4.69) is 35.9 Å². The van der Waals surface area contributed by atoms with E-state index in [1.165, 1.54) is 11.3 Å². The summed E-state index contributed by atoms with van der Waals surface area (Å²) < 4.78 is 2.35. The van der Waals surface area contributed by atoms with Gasteiger partial charge in [0.2, 0.25) is 0 Å². The fraction of sp³-hybridized carbons (Fsp3) is 0.500. The zero-order valence-electron chi connectivity index (χ0n) is 11.1. The molecule has 0 unspecified atom stereocenters. The molecule has 0 spiro atoms. The highest BCUT2D eigenvalue weighted by Gasteiger charge is 2.10. The highest BCUT2D eigenvalue weighted by atomic mass is 32.2. The highest BCUT2D eigenvalue weighted by Crippen LogP contribution is 2.19. The number of nitrogens with two attached hydrogens (primary N) is 1. The van der Waals surface area contributed by atoms with Gasteiger partial charge in [-0.15, -0.1) is 0 Å². The summed E-state index contributed by atoms with van der Waals surface area (Å²) in [4.78, 5) is 4.77. The van der Waals surface area contributed by atoms with Crippen LogP contribution in [-0.2, 0) is 19.5 Å². The van der Waals surface area contributed by atoms with Gasteiger partial charge in [0.25, 0.3) is 0 Å². The van der Waals surface area contributed by atoms with Crippen LogP contribution in [0.1, 0.15) is 24.7 Å². The Morgan fingerprint density at radius 2 is 2.22 bits per heavy atom. The Bertz CT molecular complexity index is 519. The average Bonchev–Trinajstić information content (AvgIpc) is 2.74. The van der Waals surface area contributed by atoms with Gasteiger partial charge in [-0.05, 0) is 30.4 Å². The van der Waals surface area contributed by atoms with Crippen molar-refractivity contribution in [2.24, 2.45) is 5.73 Å². The smallest absolute Gasteiger partial charge is 0.110 e. The van der Waals surface area contributed by atoms with Crippen molar-refractivity contribution in [1.82, 2.24) is 9.55 Å². The van der Waals surface area contributed by atoms with Gasteiger partial charge in [-0.2, -0.15) is 11.8 Å². The van der Waals surface area contributed by atoms with E-state index in [4.69, 9.17) is 10.7 Å². The van der Waals surface area contributed by atoms with Crippen LogP contribution < -0.4 is 5.73 Å². The summed E-state index contributed by atoms with van der Waals surface area (Å²) in [6.45, 7) is 3.83. The van der Waals surface area contributed by atoms with Crippen LogP contribution in [0.4, 0.5) is 0 Å². The number of imidazole rings is 1. The summed E-state index contributed by atoms with van der Waals surface area (Å²) in [7, 11) is 0. The van der Waals surface area contributed by atoms with Crippen LogP contribution in [0.2, 0.25) is 0 Å². The van der Waals surface area contributed by atoms with Crippen LogP contribution in [0.5, 0.6) is 0 Å². The molecule has 0 amide bonds. The van der Waals surface area contributed by atoms with Crippen LogP contribution >= 0.6 is 11.8 Å². The molecular weight excluding hydrogens is 242 g/mol. The maximum atomic E-state index is 5.69. The quantitative estimate of drug-likeness (QED) is 0.871. The minimum atomic E-state index is 0.580. The van der Waals surface area contributed by atoms with Gasteiger partial charge in [0.15, 0.2) is 0 Å². The molecule has 0 aliphatic rings. The molecule has 1 aromatic heterocycles. The van der Waals surface area contributed by atoms with E-state index in [0.29, 0.717) is 6.54 Å². The highest BCUT2D eigenvalue weighted by molar-refractivity contribution is 7.98. The maximum absolute atomic E-state index is 5.69. The summed E-state index contributed by atoms with van der Waals surface area (Å²) in [5.41, 5.74) is 9.17. The molecule has 4 heteroatoms. The molecule has 0 atom stereocenters. The molecule has 3 nitrogen and oxygen atoms in total. The average molecular weight is 263 g/mol. The van der Waals surface area contributed by atoms with E-state index in [9.17, 15) is 0 Å². The van der Waals surface area contributed by atoms with E-state index in [1.54, 1.807) is 0 Å². The van der Waals surface area contributed by atoms with Gasteiger partial charge in [-0.25, -0.2) is 4.98 Å². The van der Waals surface area contributed by atoms with E-state index in [1.807, 2.05) is 11.8 Å². The van der Waals surface area contributed by atoms with E-state index in [-0.39, 0.29) is 0 Å². The number of rotatable bonds is 6.